The lowest BCUT2D eigenvalue weighted by Crippen LogP contribution is -2.37. The van der Waals surface area contributed by atoms with E-state index < -0.39 is 5.79 Å². The zero-order chi connectivity index (χ0) is 12.2. The van der Waals surface area contributed by atoms with Crippen molar-refractivity contribution in [1.82, 2.24) is 5.32 Å². The molecule has 0 bridgehead atoms. The van der Waals surface area contributed by atoms with Gasteiger partial charge in [0.1, 0.15) is 0 Å². The van der Waals surface area contributed by atoms with E-state index in [2.05, 4.69) is 11.6 Å². The Morgan fingerprint density at radius 1 is 1.62 bits per heavy atom. The Hall–Kier alpha value is -0.260. The van der Waals surface area contributed by atoms with Crippen LogP contribution in [0.1, 0.15) is 20.8 Å². The molecule has 1 N–H and O–H groups in total. The first-order valence-corrected chi connectivity index (χ1v) is 6.89. The van der Waals surface area contributed by atoms with E-state index in [-0.39, 0.29) is 12.0 Å². The summed E-state index contributed by atoms with van der Waals surface area (Å²) < 4.78 is 11.4. The molecule has 0 radical (unpaired) electrons. The summed E-state index contributed by atoms with van der Waals surface area (Å²) in [6.07, 6.45) is 2.14. The topological polar surface area (TPSA) is 47.6 Å². The van der Waals surface area contributed by atoms with Gasteiger partial charge in [-0.1, -0.05) is 0 Å². The van der Waals surface area contributed by atoms with Gasteiger partial charge in [0.25, 0.3) is 0 Å². The summed E-state index contributed by atoms with van der Waals surface area (Å²) >= 11 is 1.76. The average Bonchev–Trinajstić information content (AvgIpc) is 2.53. The maximum Gasteiger partial charge on any atom is 0.216 e. The van der Waals surface area contributed by atoms with E-state index in [0.717, 1.165) is 5.75 Å². The maximum absolute atomic E-state index is 10.9. The molecule has 94 valence electrons. The van der Waals surface area contributed by atoms with Crippen LogP contribution in [-0.2, 0) is 14.3 Å². The van der Waals surface area contributed by atoms with Crippen molar-refractivity contribution < 1.29 is 14.3 Å². The van der Waals surface area contributed by atoms with Crippen molar-refractivity contribution in [1.29, 1.82) is 0 Å². The standard InChI is InChI=1S/C11H21NO3S/c1-8(13)12-5-9(7-16-4)10-6-14-11(2,3)15-10/h9-10H,5-7H2,1-4H3,(H,12,13)/t9-,10?/m1/s1. The number of carbonyl (C=O) groups is 1. The molecule has 1 amide bonds. The molecule has 16 heavy (non-hydrogen) atoms. The Balaban J connectivity index is 2.47. The maximum atomic E-state index is 10.9. The van der Waals surface area contributed by atoms with Gasteiger partial charge < -0.3 is 14.8 Å². The number of carbonyl (C=O) groups excluding carboxylic acids is 1. The van der Waals surface area contributed by atoms with Gasteiger partial charge in [-0.2, -0.15) is 11.8 Å². The minimum absolute atomic E-state index is 0.00396. The van der Waals surface area contributed by atoms with Gasteiger partial charge in [0.15, 0.2) is 5.79 Å². The fourth-order valence-corrected chi connectivity index (χ4v) is 2.49. The van der Waals surface area contributed by atoms with Crippen LogP contribution < -0.4 is 5.32 Å². The van der Waals surface area contributed by atoms with Crippen LogP contribution >= 0.6 is 11.8 Å². The zero-order valence-electron chi connectivity index (χ0n) is 10.4. The van der Waals surface area contributed by atoms with E-state index in [1.807, 2.05) is 13.8 Å². The van der Waals surface area contributed by atoms with Gasteiger partial charge in [0.05, 0.1) is 12.7 Å². The summed E-state index contributed by atoms with van der Waals surface area (Å²) in [6.45, 7) is 6.63. The lowest BCUT2D eigenvalue weighted by atomic mass is 10.1. The highest BCUT2D eigenvalue weighted by Gasteiger charge is 2.37. The summed E-state index contributed by atoms with van der Waals surface area (Å²) in [5.41, 5.74) is 0. The smallest absolute Gasteiger partial charge is 0.216 e. The van der Waals surface area contributed by atoms with Crippen molar-refractivity contribution in [3.8, 4) is 0 Å². The Morgan fingerprint density at radius 3 is 2.75 bits per heavy atom. The molecule has 1 heterocycles. The third-order valence-corrected chi connectivity index (χ3v) is 3.31. The molecule has 0 spiro atoms. The fourth-order valence-electron chi connectivity index (χ4n) is 1.73. The third-order valence-electron chi connectivity index (χ3n) is 2.55. The summed E-state index contributed by atoms with van der Waals surface area (Å²) in [5, 5.41) is 2.85. The highest BCUT2D eigenvalue weighted by Crippen LogP contribution is 2.27. The van der Waals surface area contributed by atoms with Gasteiger partial charge in [-0.15, -0.1) is 0 Å². The highest BCUT2D eigenvalue weighted by atomic mass is 32.2. The minimum atomic E-state index is -0.489. The van der Waals surface area contributed by atoms with E-state index in [1.165, 1.54) is 6.92 Å². The van der Waals surface area contributed by atoms with Gasteiger partial charge in [0, 0.05) is 25.1 Å². The molecule has 0 aromatic heterocycles. The molecule has 2 atom stereocenters. The molecule has 1 saturated heterocycles. The minimum Gasteiger partial charge on any atom is -0.356 e. The highest BCUT2D eigenvalue weighted by molar-refractivity contribution is 7.98. The number of rotatable bonds is 5. The molecule has 1 aliphatic rings. The van der Waals surface area contributed by atoms with Crippen LogP contribution in [0.25, 0.3) is 0 Å². The van der Waals surface area contributed by atoms with Crippen LogP contribution in [0.5, 0.6) is 0 Å². The van der Waals surface area contributed by atoms with Gasteiger partial charge in [-0.05, 0) is 20.1 Å². The fraction of sp³-hybridized carbons (Fsp3) is 0.909. The van der Waals surface area contributed by atoms with Crippen molar-refractivity contribution in [2.24, 2.45) is 5.92 Å². The van der Waals surface area contributed by atoms with Gasteiger partial charge >= 0.3 is 0 Å². The van der Waals surface area contributed by atoms with E-state index in [4.69, 9.17) is 9.47 Å². The predicted octanol–water partition coefficient (Wildman–Crippen LogP) is 1.25. The number of ether oxygens (including phenoxy) is 2. The quantitative estimate of drug-likeness (QED) is 0.794. The predicted molar refractivity (Wildman–Crippen MR) is 65.5 cm³/mol. The lowest BCUT2D eigenvalue weighted by molar-refractivity contribution is -0.143. The summed E-state index contributed by atoms with van der Waals surface area (Å²) in [7, 11) is 0. The Morgan fingerprint density at radius 2 is 2.31 bits per heavy atom. The molecule has 5 heteroatoms. The van der Waals surface area contributed by atoms with Crippen molar-refractivity contribution in [2.45, 2.75) is 32.7 Å². The van der Waals surface area contributed by atoms with Gasteiger partial charge in [0.2, 0.25) is 5.91 Å². The summed E-state index contributed by atoms with van der Waals surface area (Å²) in [5.74, 6) is 0.784. The normalized spacial score (nSPS) is 25.4. The second-order valence-corrected chi connectivity index (χ2v) is 5.43. The molecule has 0 aromatic carbocycles. The van der Waals surface area contributed by atoms with Crippen molar-refractivity contribution in [3.05, 3.63) is 0 Å². The van der Waals surface area contributed by atoms with Crippen molar-refractivity contribution >= 4 is 17.7 Å². The molecule has 1 aliphatic heterocycles. The van der Waals surface area contributed by atoms with Crippen LogP contribution in [0.3, 0.4) is 0 Å². The van der Waals surface area contributed by atoms with E-state index >= 15 is 0 Å². The van der Waals surface area contributed by atoms with Crippen LogP contribution in [-0.4, -0.2) is 43.0 Å². The molecule has 0 saturated carbocycles. The molecule has 1 rings (SSSR count). The van der Waals surface area contributed by atoms with Crippen LogP contribution in [0.4, 0.5) is 0 Å². The average molecular weight is 247 g/mol. The Bertz CT molecular complexity index is 245. The first-order chi connectivity index (χ1) is 7.44. The molecule has 4 nitrogen and oxygen atoms in total. The van der Waals surface area contributed by atoms with Crippen molar-refractivity contribution in [3.63, 3.8) is 0 Å². The zero-order valence-corrected chi connectivity index (χ0v) is 11.2. The number of nitrogens with one attached hydrogen (secondary N) is 1. The first-order valence-electron chi connectivity index (χ1n) is 5.50. The number of hydrogen-bond acceptors (Lipinski definition) is 4. The summed E-state index contributed by atoms with van der Waals surface area (Å²) in [4.78, 5) is 10.9. The largest absolute Gasteiger partial charge is 0.356 e. The van der Waals surface area contributed by atoms with Gasteiger partial charge in [-0.25, -0.2) is 0 Å². The lowest BCUT2D eigenvalue weighted by Gasteiger charge is -2.23. The van der Waals surface area contributed by atoms with Gasteiger partial charge in [-0.3, -0.25) is 4.79 Å². The van der Waals surface area contributed by atoms with E-state index in [0.29, 0.717) is 19.1 Å². The number of hydrogen-bond donors (Lipinski definition) is 1. The molecule has 0 aliphatic carbocycles. The molecular formula is C11H21NO3S. The van der Waals surface area contributed by atoms with Crippen LogP contribution in [0, 0.1) is 5.92 Å². The Kier molecular flexibility index (Phi) is 5.08. The second-order valence-electron chi connectivity index (χ2n) is 4.52. The number of amides is 1. The molecule has 1 unspecified atom stereocenters. The molecular weight excluding hydrogens is 226 g/mol. The van der Waals surface area contributed by atoms with E-state index in [1.54, 1.807) is 11.8 Å². The molecule has 0 aromatic rings. The molecule has 1 fully saturated rings. The first kappa shape index (κ1) is 13.8. The number of thioether (sulfide) groups is 1. The Labute approximate surface area is 101 Å². The van der Waals surface area contributed by atoms with Crippen LogP contribution in [0.2, 0.25) is 0 Å². The third kappa shape index (κ3) is 4.31. The monoisotopic (exact) mass is 247 g/mol. The second kappa shape index (κ2) is 5.89. The summed E-state index contributed by atoms with van der Waals surface area (Å²) in [6, 6.07) is 0. The van der Waals surface area contributed by atoms with Crippen molar-refractivity contribution in [2.75, 3.05) is 25.2 Å². The SMILES string of the molecule is CSC[C@@H](CNC(C)=O)C1COC(C)(C)O1. The van der Waals surface area contributed by atoms with E-state index in [9.17, 15) is 4.79 Å². The van der Waals surface area contributed by atoms with Crippen LogP contribution in [0.15, 0.2) is 0 Å².